The minimum absolute atomic E-state index is 0.174. The van der Waals surface area contributed by atoms with Crippen LogP contribution in [0.4, 0.5) is 4.79 Å². The van der Waals surface area contributed by atoms with Gasteiger partial charge in [-0.2, -0.15) is 4.99 Å². The van der Waals surface area contributed by atoms with E-state index in [0.717, 1.165) is 0 Å². The summed E-state index contributed by atoms with van der Waals surface area (Å²) in [5.41, 5.74) is -0.495. The molecule has 1 atom stereocenters. The Kier molecular flexibility index (Phi) is 4.62. The second kappa shape index (κ2) is 4.97. The highest BCUT2D eigenvalue weighted by atomic mass is 16.6. The number of aliphatic imine (C=N–C) groups is 1. The fraction of sp³-hybridized carbons (Fsp3) is 0.778. The van der Waals surface area contributed by atoms with E-state index in [9.17, 15) is 4.79 Å². The predicted molar refractivity (Wildman–Crippen MR) is 51.2 cm³/mol. The Morgan fingerprint density at radius 2 is 2.00 bits per heavy atom. The Morgan fingerprint density at radius 3 is 2.38 bits per heavy atom. The van der Waals surface area contributed by atoms with Gasteiger partial charge in [0.15, 0.2) is 0 Å². The first-order chi connectivity index (χ1) is 5.85. The molecule has 0 bridgehead atoms. The van der Waals surface area contributed by atoms with Gasteiger partial charge in [-0.15, -0.1) is 0 Å². The number of hydrogen-bond donors (Lipinski definition) is 0. The Hall–Kier alpha value is -0.900. The van der Waals surface area contributed by atoms with E-state index in [4.69, 9.17) is 9.47 Å². The standard InChI is InChI=1S/C9H17NO3/c1-7(12-5)6-10-8(11)13-9(2,3)4/h6-7H,1-5H3. The molecule has 0 aliphatic rings. The van der Waals surface area contributed by atoms with E-state index in [1.165, 1.54) is 6.21 Å². The molecule has 4 heteroatoms. The first-order valence-corrected chi connectivity index (χ1v) is 4.15. The van der Waals surface area contributed by atoms with Crippen LogP contribution in [0.2, 0.25) is 0 Å². The number of carbonyl (C=O) groups is 1. The molecule has 0 aliphatic carbocycles. The van der Waals surface area contributed by atoms with Crippen LogP contribution in [0.5, 0.6) is 0 Å². The summed E-state index contributed by atoms with van der Waals surface area (Å²) < 4.78 is 9.81. The zero-order valence-electron chi connectivity index (χ0n) is 8.83. The molecule has 0 aromatic rings. The monoisotopic (exact) mass is 187 g/mol. The molecular weight excluding hydrogens is 170 g/mol. The van der Waals surface area contributed by atoms with Crippen molar-refractivity contribution in [2.45, 2.75) is 39.4 Å². The van der Waals surface area contributed by atoms with Gasteiger partial charge in [-0.25, -0.2) is 4.79 Å². The number of rotatable bonds is 2. The molecule has 13 heavy (non-hydrogen) atoms. The van der Waals surface area contributed by atoms with Crippen LogP contribution in [0, 0.1) is 0 Å². The Balaban J connectivity index is 3.95. The van der Waals surface area contributed by atoms with E-state index in [1.54, 1.807) is 34.8 Å². The molecule has 0 radical (unpaired) electrons. The van der Waals surface area contributed by atoms with Crippen LogP contribution in [0.3, 0.4) is 0 Å². The molecule has 0 spiro atoms. The van der Waals surface area contributed by atoms with Crippen LogP contribution in [0.15, 0.2) is 4.99 Å². The maximum absolute atomic E-state index is 11.0. The average molecular weight is 187 g/mol. The van der Waals surface area contributed by atoms with Gasteiger partial charge in [0.2, 0.25) is 0 Å². The van der Waals surface area contributed by atoms with Gasteiger partial charge in [0, 0.05) is 13.3 Å². The maximum Gasteiger partial charge on any atom is 0.433 e. The highest BCUT2D eigenvalue weighted by molar-refractivity contribution is 5.81. The zero-order chi connectivity index (χ0) is 10.5. The van der Waals surface area contributed by atoms with Gasteiger partial charge in [0.1, 0.15) is 5.60 Å². The van der Waals surface area contributed by atoms with Crippen molar-refractivity contribution in [2.24, 2.45) is 4.99 Å². The third-order valence-corrected chi connectivity index (χ3v) is 1.16. The molecular formula is C9H17NO3. The zero-order valence-corrected chi connectivity index (χ0v) is 8.83. The molecule has 0 aliphatic heterocycles. The second-order valence-corrected chi connectivity index (χ2v) is 3.70. The molecule has 1 amide bonds. The minimum Gasteiger partial charge on any atom is -0.442 e. The summed E-state index contributed by atoms with van der Waals surface area (Å²) in [6.07, 6.45) is 0.651. The van der Waals surface area contributed by atoms with Gasteiger partial charge in [-0.1, -0.05) is 0 Å². The number of amides is 1. The van der Waals surface area contributed by atoms with Crippen LogP contribution < -0.4 is 0 Å². The Labute approximate surface area is 78.9 Å². The summed E-state index contributed by atoms with van der Waals surface area (Å²) in [6.45, 7) is 7.16. The molecule has 0 rings (SSSR count). The first kappa shape index (κ1) is 12.1. The van der Waals surface area contributed by atoms with Crippen molar-refractivity contribution in [1.82, 2.24) is 0 Å². The van der Waals surface area contributed by atoms with Crippen LogP contribution >= 0.6 is 0 Å². The van der Waals surface area contributed by atoms with Crippen molar-refractivity contribution < 1.29 is 14.3 Å². The van der Waals surface area contributed by atoms with Crippen molar-refractivity contribution in [1.29, 1.82) is 0 Å². The summed E-state index contributed by atoms with van der Waals surface area (Å²) in [6, 6.07) is 0. The molecule has 1 unspecified atom stereocenters. The molecule has 0 heterocycles. The molecule has 0 N–H and O–H groups in total. The summed E-state index contributed by atoms with van der Waals surface area (Å²) in [5, 5.41) is 0. The predicted octanol–water partition coefficient (Wildman–Crippen LogP) is 2.03. The highest BCUT2D eigenvalue weighted by Gasteiger charge is 2.14. The second-order valence-electron chi connectivity index (χ2n) is 3.70. The largest absolute Gasteiger partial charge is 0.442 e. The lowest BCUT2D eigenvalue weighted by molar-refractivity contribution is 0.0602. The first-order valence-electron chi connectivity index (χ1n) is 4.15. The summed E-state index contributed by atoms with van der Waals surface area (Å²) in [7, 11) is 1.55. The van der Waals surface area contributed by atoms with Crippen molar-refractivity contribution in [2.75, 3.05) is 7.11 Å². The van der Waals surface area contributed by atoms with Gasteiger partial charge in [-0.3, -0.25) is 0 Å². The number of hydrogen-bond acceptors (Lipinski definition) is 3. The van der Waals surface area contributed by atoms with E-state index in [0.29, 0.717) is 0 Å². The summed E-state index contributed by atoms with van der Waals surface area (Å²) in [4.78, 5) is 14.6. The van der Waals surface area contributed by atoms with E-state index >= 15 is 0 Å². The van der Waals surface area contributed by atoms with Gasteiger partial charge in [-0.05, 0) is 27.7 Å². The van der Waals surface area contributed by atoms with Gasteiger partial charge in [0.05, 0.1) is 6.10 Å². The molecule has 4 nitrogen and oxygen atoms in total. The van der Waals surface area contributed by atoms with Crippen molar-refractivity contribution >= 4 is 12.3 Å². The van der Waals surface area contributed by atoms with Crippen LogP contribution in [-0.2, 0) is 9.47 Å². The lowest BCUT2D eigenvalue weighted by atomic mass is 10.2. The third kappa shape index (κ3) is 7.46. The van der Waals surface area contributed by atoms with Crippen LogP contribution in [0.25, 0.3) is 0 Å². The number of ether oxygens (including phenoxy) is 2. The minimum atomic E-state index is -0.587. The maximum atomic E-state index is 11.0. The number of methoxy groups -OCH3 is 1. The van der Waals surface area contributed by atoms with E-state index in [1.807, 2.05) is 0 Å². The van der Waals surface area contributed by atoms with E-state index in [2.05, 4.69) is 4.99 Å². The van der Waals surface area contributed by atoms with Crippen LogP contribution in [0.1, 0.15) is 27.7 Å². The van der Waals surface area contributed by atoms with E-state index in [-0.39, 0.29) is 6.10 Å². The average Bonchev–Trinajstić information content (AvgIpc) is 1.97. The number of nitrogens with zero attached hydrogens (tertiary/aromatic N) is 1. The molecule has 0 saturated carbocycles. The lowest BCUT2D eigenvalue weighted by Crippen LogP contribution is -2.22. The Bertz CT molecular complexity index is 194. The van der Waals surface area contributed by atoms with Crippen molar-refractivity contribution in [3.8, 4) is 0 Å². The normalized spacial score (nSPS) is 14.5. The molecule has 76 valence electrons. The number of carbonyl (C=O) groups excluding carboxylic acids is 1. The van der Waals surface area contributed by atoms with Gasteiger partial charge >= 0.3 is 6.09 Å². The molecule has 0 aromatic heterocycles. The smallest absolute Gasteiger partial charge is 0.433 e. The van der Waals surface area contributed by atoms with Crippen LogP contribution in [-0.4, -0.2) is 31.1 Å². The lowest BCUT2D eigenvalue weighted by Gasteiger charge is -2.17. The Morgan fingerprint density at radius 1 is 1.46 bits per heavy atom. The topological polar surface area (TPSA) is 47.9 Å². The van der Waals surface area contributed by atoms with E-state index < -0.39 is 11.7 Å². The molecule has 0 saturated heterocycles. The highest BCUT2D eigenvalue weighted by Crippen LogP contribution is 2.07. The van der Waals surface area contributed by atoms with Gasteiger partial charge < -0.3 is 9.47 Å². The summed E-state index contributed by atoms with van der Waals surface area (Å²) in [5.74, 6) is 0. The van der Waals surface area contributed by atoms with Crippen molar-refractivity contribution in [3.05, 3.63) is 0 Å². The van der Waals surface area contributed by atoms with Gasteiger partial charge in [0.25, 0.3) is 0 Å². The summed E-state index contributed by atoms with van der Waals surface area (Å²) >= 11 is 0. The fourth-order valence-electron chi connectivity index (χ4n) is 0.515. The fourth-order valence-corrected chi connectivity index (χ4v) is 0.515. The SMILES string of the molecule is COC(C)C=NC(=O)OC(C)(C)C. The quantitative estimate of drug-likeness (QED) is 0.621. The molecule has 0 aromatic carbocycles. The van der Waals surface area contributed by atoms with Crippen molar-refractivity contribution in [3.63, 3.8) is 0 Å². The third-order valence-electron chi connectivity index (χ3n) is 1.16. The molecule has 0 fully saturated rings.